The lowest BCUT2D eigenvalue weighted by atomic mass is 10.8. The number of hydrogen-bond acceptors (Lipinski definition) is 8. The third-order valence-electron chi connectivity index (χ3n) is 2.11. The van der Waals surface area contributed by atoms with E-state index in [-0.39, 0.29) is 11.7 Å². The zero-order chi connectivity index (χ0) is 13.7. The molecule has 0 aromatic carbocycles. The van der Waals surface area contributed by atoms with Crippen molar-refractivity contribution < 1.29 is 9.53 Å². The van der Waals surface area contributed by atoms with Crippen LogP contribution in [0.25, 0.3) is 5.95 Å². The van der Waals surface area contributed by atoms with Gasteiger partial charge in [0.2, 0.25) is 11.9 Å². The molecule has 0 saturated carbocycles. The van der Waals surface area contributed by atoms with Gasteiger partial charge in [0.05, 0.1) is 12.9 Å². The van der Waals surface area contributed by atoms with Crippen LogP contribution in [0.5, 0.6) is 0 Å². The van der Waals surface area contributed by atoms with Gasteiger partial charge in [0.25, 0.3) is 0 Å². The molecule has 8 nitrogen and oxygen atoms in total. The van der Waals surface area contributed by atoms with Gasteiger partial charge >= 0.3 is 5.97 Å². The Bertz CT molecular complexity index is 559. The highest BCUT2D eigenvalue weighted by atomic mass is 32.2. The molecule has 0 aliphatic heterocycles. The zero-order valence-electron chi connectivity index (χ0n) is 10.4. The smallest absolute Gasteiger partial charge is 0.316 e. The molecule has 0 bridgehead atoms. The van der Waals surface area contributed by atoms with E-state index >= 15 is 0 Å². The molecule has 0 amide bonds. The fourth-order valence-corrected chi connectivity index (χ4v) is 1.86. The summed E-state index contributed by atoms with van der Waals surface area (Å²) in [5, 5.41) is 3.28. The number of hydrogen-bond donors (Lipinski definition) is 1. The number of rotatable bonds is 5. The Morgan fingerprint density at radius 2 is 2.32 bits per heavy atom. The van der Waals surface area contributed by atoms with Gasteiger partial charge in [-0.15, -0.1) is 0 Å². The number of esters is 1. The summed E-state index contributed by atoms with van der Waals surface area (Å²) in [5.74, 6) is 0.670. The lowest BCUT2D eigenvalue weighted by Gasteiger charge is -2.06. The number of ether oxygens (including phenoxy) is 1. The second kappa shape index (κ2) is 6.14. The maximum absolute atomic E-state index is 11.1. The summed E-state index contributed by atoms with van der Waals surface area (Å²) in [7, 11) is 3.05. The molecular formula is C10H12N6O2S. The maximum Gasteiger partial charge on any atom is 0.316 e. The minimum absolute atomic E-state index is 0.146. The number of aromatic nitrogens is 5. The molecule has 0 spiro atoms. The number of anilines is 1. The zero-order valence-corrected chi connectivity index (χ0v) is 11.2. The van der Waals surface area contributed by atoms with E-state index in [4.69, 9.17) is 0 Å². The molecule has 100 valence electrons. The van der Waals surface area contributed by atoms with Crippen LogP contribution >= 0.6 is 11.8 Å². The van der Waals surface area contributed by atoms with Gasteiger partial charge in [-0.25, -0.2) is 4.98 Å². The first-order chi connectivity index (χ1) is 9.22. The standard InChI is InChI=1S/C10H12N6O2S/c1-11-8-13-9(16-4-3-12-6-16)15-10(14-8)19-5-7(17)18-2/h3-4,6H,5H2,1-2H3,(H,11,13,14,15). The summed E-state index contributed by atoms with van der Waals surface area (Å²) < 4.78 is 6.23. The highest BCUT2D eigenvalue weighted by molar-refractivity contribution is 7.99. The van der Waals surface area contributed by atoms with E-state index in [0.29, 0.717) is 17.1 Å². The van der Waals surface area contributed by atoms with Crippen molar-refractivity contribution in [3.05, 3.63) is 18.7 Å². The molecule has 0 saturated heterocycles. The summed E-state index contributed by atoms with van der Waals surface area (Å²) in [6.07, 6.45) is 4.94. The van der Waals surface area contributed by atoms with E-state index in [0.717, 1.165) is 0 Å². The van der Waals surface area contributed by atoms with E-state index in [9.17, 15) is 4.79 Å². The highest BCUT2D eigenvalue weighted by Gasteiger charge is 2.10. The van der Waals surface area contributed by atoms with Gasteiger partial charge in [0, 0.05) is 19.4 Å². The van der Waals surface area contributed by atoms with Gasteiger partial charge in [-0.1, -0.05) is 11.8 Å². The molecule has 0 fully saturated rings. The molecule has 0 atom stereocenters. The number of carbonyl (C=O) groups excluding carboxylic acids is 1. The Morgan fingerprint density at radius 3 is 2.95 bits per heavy atom. The third kappa shape index (κ3) is 3.41. The fourth-order valence-electron chi connectivity index (χ4n) is 1.20. The normalized spacial score (nSPS) is 10.2. The summed E-state index contributed by atoms with van der Waals surface area (Å²) >= 11 is 1.18. The minimum Gasteiger partial charge on any atom is -0.468 e. The van der Waals surface area contributed by atoms with Crippen molar-refractivity contribution in [3.8, 4) is 5.95 Å². The van der Waals surface area contributed by atoms with E-state index in [2.05, 4.69) is 30.0 Å². The summed E-state index contributed by atoms with van der Waals surface area (Å²) in [6, 6.07) is 0. The molecule has 0 radical (unpaired) electrons. The third-order valence-corrected chi connectivity index (χ3v) is 2.93. The lowest BCUT2D eigenvalue weighted by molar-refractivity contribution is -0.137. The van der Waals surface area contributed by atoms with Crippen LogP contribution in [0.1, 0.15) is 0 Å². The van der Waals surface area contributed by atoms with Gasteiger partial charge in [-0.05, 0) is 0 Å². The van der Waals surface area contributed by atoms with E-state index in [1.54, 1.807) is 30.3 Å². The molecule has 0 unspecified atom stereocenters. The Kier molecular flexibility index (Phi) is 4.29. The van der Waals surface area contributed by atoms with Crippen molar-refractivity contribution >= 4 is 23.7 Å². The van der Waals surface area contributed by atoms with Crippen molar-refractivity contribution in [3.63, 3.8) is 0 Å². The molecule has 0 aliphatic carbocycles. The van der Waals surface area contributed by atoms with Crippen molar-refractivity contribution in [2.24, 2.45) is 0 Å². The molecule has 0 aliphatic rings. The SMILES string of the molecule is CNc1nc(SCC(=O)OC)nc(-n2ccnc2)n1. The van der Waals surface area contributed by atoms with Gasteiger partial charge in [0.15, 0.2) is 5.16 Å². The predicted octanol–water partition coefficient (Wildman–Crippen LogP) is 0.364. The van der Waals surface area contributed by atoms with Crippen molar-refractivity contribution in [1.82, 2.24) is 24.5 Å². The minimum atomic E-state index is -0.333. The maximum atomic E-state index is 11.1. The van der Waals surface area contributed by atoms with Crippen LogP contribution in [-0.4, -0.2) is 50.4 Å². The van der Waals surface area contributed by atoms with Crippen molar-refractivity contribution in [2.75, 3.05) is 25.2 Å². The average Bonchev–Trinajstić information content (AvgIpc) is 2.98. The second-order valence-electron chi connectivity index (χ2n) is 3.33. The predicted molar refractivity (Wildman–Crippen MR) is 69.2 cm³/mol. The number of carbonyl (C=O) groups is 1. The van der Waals surface area contributed by atoms with Crippen LogP contribution in [0.15, 0.2) is 23.9 Å². The van der Waals surface area contributed by atoms with E-state index in [1.165, 1.54) is 18.9 Å². The Balaban J connectivity index is 2.23. The molecule has 19 heavy (non-hydrogen) atoms. The number of methoxy groups -OCH3 is 1. The van der Waals surface area contributed by atoms with Crippen LogP contribution in [0.3, 0.4) is 0 Å². The number of imidazole rings is 1. The van der Waals surface area contributed by atoms with Crippen LogP contribution in [0, 0.1) is 0 Å². The Morgan fingerprint density at radius 1 is 1.47 bits per heavy atom. The molecule has 2 aromatic rings. The fraction of sp³-hybridized carbons (Fsp3) is 0.300. The molecule has 2 rings (SSSR count). The molecular weight excluding hydrogens is 268 g/mol. The van der Waals surface area contributed by atoms with Crippen LogP contribution in [-0.2, 0) is 9.53 Å². The van der Waals surface area contributed by atoms with Crippen molar-refractivity contribution in [2.45, 2.75) is 5.16 Å². The van der Waals surface area contributed by atoms with Gasteiger partial charge in [0.1, 0.15) is 6.33 Å². The van der Waals surface area contributed by atoms with Gasteiger partial charge in [-0.3, -0.25) is 9.36 Å². The highest BCUT2D eigenvalue weighted by Crippen LogP contribution is 2.16. The monoisotopic (exact) mass is 280 g/mol. The first-order valence-corrected chi connectivity index (χ1v) is 6.33. The molecule has 1 N–H and O–H groups in total. The second-order valence-corrected chi connectivity index (χ2v) is 4.27. The largest absolute Gasteiger partial charge is 0.468 e. The number of nitrogens with zero attached hydrogens (tertiary/aromatic N) is 5. The topological polar surface area (TPSA) is 94.8 Å². The van der Waals surface area contributed by atoms with Crippen LogP contribution in [0.4, 0.5) is 5.95 Å². The Hall–Kier alpha value is -2.16. The van der Waals surface area contributed by atoms with Gasteiger partial charge in [-0.2, -0.15) is 15.0 Å². The molecule has 2 aromatic heterocycles. The van der Waals surface area contributed by atoms with Crippen LogP contribution < -0.4 is 5.32 Å². The average molecular weight is 280 g/mol. The molecule has 9 heteroatoms. The molecule has 2 heterocycles. The summed E-state index contributed by atoms with van der Waals surface area (Å²) in [5.41, 5.74) is 0. The van der Waals surface area contributed by atoms with Crippen molar-refractivity contribution in [1.29, 1.82) is 0 Å². The van der Waals surface area contributed by atoms with Crippen LogP contribution in [0.2, 0.25) is 0 Å². The van der Waals surface area contributed by atoms with E-state index in [1.807, 2.05) is 0 Å². The summed E-state index contributed by atoms with van der Waals surface area (Å²) in [6.45, 7) is 0. The Labute approximate surface area is 113 Å². The summed E-state index contributed by atoms with van der Waals surface area (Å²) in [4.78, 5) is 27.6. The lowest BCUT2D eigenvalue weighted by Crippen LogP contribution is -2.08. The quantitative estimate of drug-likeness (QED) is 0.620. The van der Waals surface area contributed by atoms with E-state index < -0.39 is 0 Å². The first kappa shape index (κ1) is 13.3. The van der Waals surface area contributed by atoms with Gasteiger partial charge < -0.3 is 10.1 Å². The number of thioether (sulfide) groups is 1. The number of nitrogens with one attached hydrogen (secondary N) is 1. The first-order valence-electron chi connectivity index (χ1n) is 5.34.